The number of nitro benzene ring substituents is 1. The molecule has 0 aliphatic carbocycles. The van der Waals surface area contributed by atoms with Crippen LogP contribution in [0.5, 0.6) is 5.75 Å². The van der Waals surface area contributed by atoms with Crippen molar-refractivity contribution in [2.24, 2.45) is 5.73 Å². The maximum Gasteiger partial charge on any atom is 0.312 e. The Morgan fingerprint density at radius 2 is 2.00 bits per heavy atom. The molecule has 7 heteroatoms. The summed E-state index contributed by atoms with van der Waals surface area (Å²) in [6.07, 6.45) is 0. The molecule has 0 heterocycles. The molecule has 0 bridgehead atoms. The summed E-state index contributed by atoms with van der Waals surface area (Å²) >= 11 is 5.95. The van der Waals surface area contributed by atoms with E-state index in [9.17, 15) is 10.1 Å². The maximum atomic E-state index is 11.0. The molecule has 0 aromatic heterocycles. The molecule has 0 saturated heterocycles. The normalized spacial score (nSPS) is 10.1. The number of hydrogen-bond acceptors (Lipinski definition) is 4. The molecule has 2 aromatic carbocycles. The van der Waals surface area contributed by atoms with E-state index in [-0.39, 0.29) is 28.9 Å². The van der Waals surface area contributed by atoms with Crippen molar-refractivity contribution in [3.05, 3.63) is 68.7 Å². The van der Waals surface area contributed by atoms with E-state index >= 15 is 0 Å². The van der Waals surface area contributed by atoms with Crippen LogP contribution in [0.15, 0.2) is 42.5 Å². The quantitative estimate of drug-likeness (QED) is 0.383. The number of nitrogens with zero attached hydrogens (tertiary/aromatic N) is 1. The number of nitrogens with two attached hydrogens (primary N) is 1. The summed E-state index contributed by atoms with van der Waals surface area (Å²) in [4.78, 5) is 10.4. The van der Waals surface area contributed by atoms with Gasteiger partial charge < -0.3 is 10.5 Å². The van der Waals surface area contributed by atoms with Crippen LogP contribution in [0.25, 0.3) is 0 Å². The zero-order valence-electron chi connectivity index (χ0n) is 10.9. The largest absolute Gasteiger partial charge is 0.481 e. The Balaban J connectivity index is 2.29. The minimum atomic E-state index is -0.557. The van der Waals surface area contributed by atoms with Gasteiger partial charge in [-0.25, -0.2) is 0 Å². The Kier molecular flexibility index (Phi) is 4.39. The predicted molar refractivity (Wildman–Crippen MR) is 79.9 cm³/mol. The van der Waals surface area contributed by atoms with Gasteiger partial charge in [0.25, 0.3) is 0 Å². The molecular weight excluding hydrogens is 294 g/mol. The second kappa shape index (κ2) is 6.23. The lowest BCUT2D eigenvalue weighted by Crippen LogP contribution is -2.14. The Morgan fingerprint density at radius 1 is 1.29 bits per heavy atom. The van der Waals surface area contributed by atoms with Gasteiger partial charge in [0, 0.05) is 17.2 Å². The molecule has 0 radical (unpaired) electrons. The number of amidine groups is 1. The Hall–Kier alpha value is -2.60. The highest BCUT2D eigenvalue weighted by atomic mass is 35.5. The zero-order chi connectivity index (χ0) is 15.4. The van der Waals surface area contributed by atoms with Gasteiger partial charge in [0.05, 0.1) is 9.95 Å². The average Bonchev–Trinajstić information content (AvgIpc) is 2.45. The van der Waals surface area contributed by atoms with Crippen molar-refractivity contribution in [2.45, 2.75) is 6.61 Å². The molecule has 0 fully saturated rings. The van der Waals surface area contributed by atoms with Crippen molar-refractivity contribution in [1.82, 2.24) is 0 Å². The van der Waals surface area contributed by atoms with Crippen molar-refractivity contribution in [2.75, 3.05) is 0 Å². The molecule has 0 aliphatic heterocycles. The van der Waals surface area contributed by atoms with Crippen molar-refractivity contribution >= 4 is 23.1 Å². The molecule has 0 unspecified atom stereocenters. The molecule has 0 spiro atoms. The summed E-state index contributed by atoms with van der Waals surface area (Å²) in [6, 6.07) is 11.3. The van der Waals surface area contributed by atoms with E-state index in [2.05, 4.69) is 0 Å². The molecule has 2 rings (SSSR count). The summed E-state index contributed by atoms with van der Waals surface area (Å²) in [5, 5.41) is 18.6. The fourth-order valence-electron chi connectivity index (χ4n) is 1.84. The van der Waals surface area contributed by atoms with Crippen LogP contribution in [0.3, 0.4) is 0 Å². The molecule has 0 amide bonds. The van der Waals surface area contributed by atoms with E-state index in [1.165, 1.54) is 18.2 Å². The first kappa shape index (κ1) is 14.8. The van der Waals surface area contributed by atoms with Crippen LogP contribution in [0.2, 0.25) is 5.02 Å². The lowest BCUT2D eigenvalue weighted by molar-refractivity contribution is -0.385. The fourth-order valence-corrected chi connectivity index (χ4v) is 2.07. The number of para-hydroxylation sites is 1. The van der Waals surface area contributed by atoms with E-state index in [0.29, 0.717) is 11.1 Å². The predicted octanol–water partition coefficient (Wildman–Crippen LogP) is 3.11. The number of nitro groups is 1. The smallest absolute Gasteiger partial charge is 0.312 e. The second-order valence-electron chi connectivity index (χ2n) is 4.20. The molecular formula is C14H12ClN3O3. The third-order valence-corrected chi connectivity index (χ3v) is 3.12. The van der Waals surface area contributed by atoms with Gasteiger partial charge in [-0.2, -0.15) is 0 Å². The van der Waals surface area contributed by atoms with Gasteiger partial charge in [-0.05, 0) is 6.07 Å². The van der Waals surface area contributed by atoms with Gasteiger partial charge >= 0.3 is 5.69 Å². The van der Waals surface area contributed by atoms with Gasteiger partial charge in [0.1, 0.15) is 12.4 Å². The number of nitrogen functional groups attached to an aromatic ring is 1. The first-order valence-corrected chi connectivity index (χ1v) is 6.36. The number of hydrogen-bond donors (Lipinski definition) is 2. The molecule has 108 valence electrons. The summed E-state index contributed by atoms with van der Waals surface area (Å²) < 4.78 is 5.48. The highest BCUT2D eigenvalue weighted by Gasteiger charge is 2.18. The van der Waals surface area contributed by atoms with Crippen molar-refractivity contribution < 1.29 is 9.66 Å². The second-order valence-corrected chi connectivity index (χ2v) is 4.61. The van der Waals surface area contributed by atoms with Gasteiger partial charge in [-0.1, -0.05) is 41.9 Å². The third kappa shape index (κ3) is 3.29. The number of rotatable bonds is 5. The standard InChI is InChI=1S/C14H12ClN3O3/c15-11-6-3-7-12(18(19)20)13(11)21-8-9-4-1-2-5-10(9)14(16)17/h1-7H,8H2,(H3,16,17). The number of ether oxygens (including phenoxy) is 1. The zero-order valence-corrected chi connectivity index (χ0v) is 11.6. The third-order valence-electron chi connectivity index (χ3n) is 2.82. The summed E-state index contributed by atoms with van der Waals surface area (Å²) in [6.45, 7) is 0.0281. The van der Waals surface area contributed by atoms with Crippen LogP contribution in [0, 0.1) is 15.5 Å². The lowest BCUT2D eigenvalue weighted by Gasteiger charge is -2.11. The van der Waals surface area contributed by atoms with Crippen molar-refractivity contribution in [3.8, 4) is 5.75 Å². The topological polar surface area (TPSA) is 102 Å². The molecule has 6 nitrogen and oxygen atoms in total. The van der Waals surface area contributed by atoms with Gasteiger partial charge in [0.15, 0.2) is 0 Å². The lowest BCUT2D eigenvalue weighted by atomic mass is 10.1. The van der Waals surface area contributed by atoms with Gasteiger partial charge in [-0.15, -0.1) is 0 Å². The first-order chi connectivity index (χ1) is 10.0. The van der Waals surface area contributed by atoms with Gasteiger partial charge in [-0.3, -0.25) is 15.5 Å². The highest BCUT2D eigenvalue weighted by Crippen LogP contribution is 2.35. The van der Waals surface area contributed by atoms with Crippen molar-refractivity contribution in [1.29, 1.82) is 5.41 Å². The SMILES string of the molecule is N=C(N)c1ccccc1COc1c(Cl)cccc1[N+](=O)[O-]. The molecule has 0 aliphatic rings. The van der Waals surface area contributed by atoms with E-state index in [4.69, 9.17) is 27.5 Å². The van der Waals surface area contributed by atoms with E-state index < -0.39 is 4.92 Å². The van der Waals surface area contributed by atoms with Crippen LogP contribution < -0.4 is 10.5 Å². The Morgan fingerprint density at radius 3 is 2.67 bits per heavy atom. The average molecular weight is 306 g/mol. The summed E-state index contributed by atoms with van der Waals surface area (Å²) in [7, 11) is 0. The number of halogens is 1. The summed E-state index contributed by atoms with van der Waals surface area (Å²) in [5.74, 6) is -0.0922. The highest BCUT2D eigenvalue weighted by molar-refractivity contribution is 6.32. The molecule has 3 N–H and O–H groups in total. The van der Waals surface area contributed by atoms with E-state index in [1.807, 2.05) is 0 Å². The Labute approximate surface area is 125 Å². The summed E-state index contributed by atoms with van der Waals surface area (Å²) in [5.41, 5.74) is 6.45. The molecule has 21 heavy (non-hydrogen) atoms. The van der Waals surface area contributed by atoms with Crippen LogP contribution in [-0.2, 0) is 6.61 Å². The molecule has 2 aromatic rings. The minimum absolute atomic E-state index is 0.00233. The fraction of sp³-hybridized carbons (Fsp3) is 0.0714. The van der Waals surface area contributed by atoms with Crippen LogP contribution in [-0.4, -0.2) is 10.8 Å². The minimum Gasteiger partial charge on any atom is -0.481 e. The van der Waals surface area contributed by atoms with Gasteiger partial charge in [0.2, 0.25) is 5.75 Å². The van der Waals surface area contributed by atoms with Crippen LogP contribution in [0.1, 0.15) is 11.1 Å². The molecule has 0 saturated carbocycles. The van der Waals surface area contributed by atoms with Crippen LogP contribution >= 0.6 is 11.6 Å². The maximum absolute atomic E-state index is 11.0. The number of benzene rings is 2. The van der Waals surface area contributed by atoms with E-state index in [1.54, 1.807) is 24.3 Å². The monoisotopic (exact) mass is 305 g/mol. The molecule has 0 atom stereocenters. The number of nitrogens with one attached hydrogen (secondary N) is 1. The first-order valence-electron chi connectivity index (χ1n) is 5.98. The van der Waals surface area contributed by atoms with Crippen molar-refractivity contribution in [3.63, 3.8) is 0 Å². The Bertz CT molecular complexity index is 704. The van der Waals surface area contributed by atoms with Crippen LogP contribution in [0.4, 0.5) is 5.69 Å². The van der Waals surface area contributed by atoms with E-state index in [0.717, 1.165) is 0 Å².